The van der Waals surface area contributed by atoms with Crippen LogP contribution in [0.1, 0.15) is 18.5 Å². The van der Waals surface area contributed by atoms with Gasteiger partial charge in [-0.15, -0.1) is 0 Å². The van der Waals surface area contributed by atoms with Gasteiger partial charge in [-0.3, -0.25) is 10.1 Å². The molecule has 1 aromatic rings. The average molecular weight is 209 g/mol. The fourth-order valence-corrected chi connectivity index (χ4v) is 1.31. The maximum Gasteiger partial charge on any atom is 0.320 e. The average Bonchev–Trinajstić information content (AvgIpc) is 2.26. The van der Waals surface area contributed by atoms with E-state index in [0.29, 0.717) is 0 Å². The van der Waals surface area contributed by atoms with E-state index in [2.05, 4.69) is 5.32 Å². The SMILES string of the molecule is C[C@H](N[C@@H](CO)c1ccccc1)C(=O)O. The normalized spacial score (nSPS) is 14.5. The van der Waals surface area contributed by atoms with Crippen LogP contribution in [-0.4, -0.2) is 28.8 Å². The molecule has 0 aliphatic carbocycles. The molecule has 0 saturated heterocycles. The molecule has 82 valence electrons. The molecule has 0 saturated carbocycles. The topological polar surface area (TPSA) is 69.6 Å². The Morgan fingerprint density at radius 3 is 2.47 bits per heavy atom. The van der Waals surface area contributed by atoms with Crippen molar-refractivity contribution in [3.63, 3.8) is 0 Å². The largest absolute Gasteiger partial charge is 0.480 e. The molecular weight excluding hydrogens is 194 g/mol. The van der Waals surface area contributed by atoms with Crippen LogP contribution in [0, 0.1) is 0 Å². The van der Waals surface area contributed by atoms with Crippen molar-refractivity contribution in [3.05, 3.63) is 35.9 Å². The van der Waals surface area contributed by atoms with Crippen LogP contribution in [0.3, 0.4) is 0 Å². The summed E-state index contributed by atoms with van der Waals surface area (Å²) < 4.78 is 0. The molecule has 0 unspecified atom stereocenters. The lowest BCUT2D eigenvalue weighted by molar-refractivity contribution is -0.139. The summed E-state index contributed by atoms with van der Waals surface area (Å²) in [6.45, 7) is 1.43. The molecule has 0 aliphatic heterocycles. The van der Waals surface area contributed by atoms with Crippen molar-refractivity contribution in [2.45, 2.75) is 19.0 Å². The van der Waals surface area contributed by atoms with Crippen LogP contribution in [0.2, 0.25) is 0 Å². The van der Waals surface area contributed by atoms with Gasteiger partial charge in [0.15, 0.2) is 0 Å². The van der Waals surface area contributed by atoms with Gasteiger partial charge in [0.25, 0.3) is 0 Å². The number of carboxylic acid groups (broad SMARTS) is 1. The van der Waals surface area contributed by atoms with E-state index in [-0.39, 0.29) is 12.6 Å². The fraction of sp³-hybridized carbons (Fsp3) is 0.364. The van der Waals surface area contributed by atoms with Gasteiger partial charge in [-0.25, -0.2) is 0 Å². The molecule has 0 bridgehead atoms. The number of hydrogen-bond donors (Lipinski definition) is 3. The molecule has 0 heterocycles. The second-order valence-electron chi connectivity index (χ2n) is 3.37. The van der Waals surface area contributed by atoms with Gasteiger partial charge >= 0.3 is 5.97 Å². The van der Waals surface area contributed by atoms with Gasteiger partial charge < -0.3 is 10.2 Å². The predicted octanol–water partition coefficient (Wildman–Crippen LogP) is 0.783. The molecule has 4 nitrogen and oxygen atoms in total. The Bertz CT molecular complexity index is 313. The van der Waals surface area contributed by atoms with E-state index in [0.717, 1.165) is 5.56 Å². The van der Waals surface area contributed by atoms with E-state index in [1.165, 1.54) is 0 Å². The summed E-state index contributed by atoms with van der Waals surface area (Å²) in [4.78, 5) is 10.6. The minimum atomic E-state index is -0.926. The van der Waals surface area contributed by atoms with Gasteiger partial charge in [0.1, 0.15) is 6.04 Å². The first-order valence-corrected chi connectivity index (χ1v) is 4.79. The van der Waals surface area contributed by atoms with Crippen LogP contribution in [0.5, 0.6) is 0 Å². The third kappa shape index (κ3) is 3.34. The molecule has 15 heavy (non-hydrogen) atoms. The number of aliphatic hydroxyl groups excluding tert-OH is 1. The summed E-state index contributed by atoms with van der Waals surface area (Å²) >= 11 is 0. The van der Waals surface area contributed by atoms with E-state index in [1.54, 1.807) is 6.92 Å². The molecule has 3 N–H and O–H groups in total. The molecule has 0 amide bonds. The quantitative estimate of drug-likeness (QED) is 0.670. The third-order valence-electron chi connectivity index (χ3n) is 2.21. The lowest BCUT2D eigenvalue weighted by Gasteiger charge is -2.19. The Morgan fingerprint density at radius 1 is 1.40 bits per heavy atom. The smallest absolute Gasteiger partial charge is 0.320 e. The highest BCUT2D eigenvalue weighted by Crippen LogP contribution is 2.12. The standard InChI is InChI=1S/C11H15NO3/c1-8(11(14)15)12-10(7-13)9-5-3-2-4-6-9/h2-6,8,10,12-13H,7H2,1H3,(H,14,15)/t8-,10-/m0/s1. The molecule has 0 aliphatic rings. The predicted molar refractivity (Wildman–Crippen MR) is 56.5 cm³/mol. The van der Waals surface area contributed by atoms with Crippen molar-refractivity contribution in [2.24, 2.45) is 0 Å². The second-order valence-corrected chi connectivity index (χ2v) is 3.37. The second kappa shape index (κ2) is 5.48. The van der Waals surface area contributed by atoms with Crippen molar-refractivity contribution in [3.8, 4) is 0 Å². The summed E-state index contributed by atoms with van der Waals surface area (Å²) in [5.41, 5.74) is 0.883. The van der Waals surface area contributed by atoms with Crippen LogP contribution in [0.25, 0.3) is 0 Å². The van der Waals surface area contributed by atoms with E-state index >= 15 is 0 Å². The van der Waals surface area contributed by atoms with Gasteiger partial charge in [-0.2, -0.15) is 0 Å². The van der Waals surface area contributed by atoms with Crippen LogP contribution < -0.4 is 5.32 Å². The zero-order valence-corrected chi connectivity index (χ0v) is 8.55. The molecule has 0 fully saturated rings. The maximum atomic E-state index is 10.6. The number of carboxylic acids is 1. The Hall–Kier alpha value is -1.39. The first-order chi connectivity index (χ1) is 7.15. The highest BCUT2D eigenvalue weighted by molar-refractivity contribution is 5.72. The summed E-state index contributed by atoms with van der Waals surface area (Å²) in [5, 5.41) is 20.7. The number of aliphatic hydroxyl groups is 1. The lowest BCUT2D eigenvalue weighted by Crippen LogP contribution is -2.38. The zero-order chi connectivity index (χ0) is 11.3. The molecule has 2 atom stereocenters. The van der Waals surface area contributed by atoms with E-state index < -0.39 is 12.0 Å². The van der Waals surface area contributed by atoms with E-state index in [9.17, 15) is 4.79 Å². The number of carbonyl (C=O) groups is 1. The van der Waals surface area contributed by atoms with Crippen LogP contribution in [-0.2, 0) is 4.79 Å². The van der Waals surface area contributed by atoms with E-state index in [4.69, 9.17) is 10.2 Å². The Kier molecular flexibility index (Phi) is 4.27. The molecule has 1 aromatic carbocycles. The Labute approximate surface area is 88.6 Å². The number of hydrogen-bond acceptors (Lipinski definition) is 3. The highest BCUT2D eigenvalue weighted by atomic mass is 16.4. The minimum absolute atomic E-state index is 0.123. The number of benzene rings is 1. The molecule has 1 rings (SSSR count). The monoisotopic (exact) mass is 209 g/mol. The van der Waals surface area contributed by atoms with Gasteiger partial charge in [0, 0.05) is 0 Å². The number of aliphatic carboxylic acids is 1. The first kappa shape index (κ1) is 11.7. The summed E-state index contributed by atoms with van der Waals surface area (Å²) in [6, 6.07) is 8.26. The molecule has 0 spiro atoms. The summed E-state index contributed by atoms with van der Waals surface area (Å²) in [6.07, 6.45) is 0. The minimum Gasteiger partial charge on any atom is -0.480 e. The number of rotatable bonds is 5. The van der Waals surface area contributed by atoms with Crippen molar-refractivity contribution in [2.75, 3.05) is 6.61 Å². The van der Waals surface area contributed by atoms with E-state index in [1.807, 2.05) is 30.3 Å². The van der Waals surface area contributed by atoms with Gasteiger partial charge in [0.05, 0.1) is 12.6 Å². The van der Waals surface area contributed by atoms with Crippen molar-refractivity contribution in [1.82, 2.24) is 5.32 Å². The van der Waals surface area contributed by atoms with Crippen molar-refractivity contribution in [1.29, 1.82) is 0 Å². The fourth-order valence-electron chi connectivity index (χ4n) is 1.31. The Morgan fingerprint density at radius 2 is 2.00 bits per heavy atom. The van der Waals surface area contributed by atoms with Crippen LogP contribution in [0.15, 0.2) is 30.3 Å². The van der Waals surface area contributed by atoms with Gasteiger partial charge in [-0.05, 0) is 12.5 Å². The van der Waals surface area contributed by atoms with Crippen molar-refractivity contribution < 1.29 is 15.0 Å². The zero-order valence-electron chi connectivity index (χ0n) is 8.55. The number of nitrogens with one attached hydrogen (secondary N) is 1. The Balaban J connectivity index is 2.69. The molecular formula is C11H15NO3. The van der Waals surface area contributed by atoms with Gasteiger partial charge in [-0.1, -0.05) is 30.3 Å². The summed E-state index contributed by atoms with van der Waals surface area (Å²) in [7, 11) is 0. The lowest BCUT2D eigenvalue weighted by atomic mass is 10.1. The highest BCUT2D eigenvalue weighted by Gasteiger charge is 2.17. The van der Waals surface area contributed by atoms with Crippen LogP contribution >= 0.6 is 0 Å². The van der Waals surface area contributed by atoms with Crippen LogP contribution in [0.4, 0.5) is 0 Å². The van der Waals surface area contributed by atoms with Gasteiger partial charge in [0.2, 0.25) is 0 Å². The summed E-state index contributed by atoms with van der Waals surface area (Å²) in [5.74, 6) is -0.926. The molecule has 4 heteroatoms. The molecule has 0 aromatic heterocycles. The first-order valence-electron chi connectivity index (χ1n) is 4.79. The third-order valence-corrected chi connectivity index (χ3v) is 2.21. The molecule has 0 radical (unpaired) electrons. The maximum absolute atomic E-state index is 10.6. The van der Waals surface area contributed by atoms with Crippen molar-refractivity contribution >= 4 is 5.97 Å².